The van der Waals surface area contributed by atoms with Crippen molar-refractivity contribution in [3.8, 4) is 0 Å². The van der Waals surface area contributed by atoms with Gasteiger partial charge in [-0.3, -0.25) is 9.48 Å². The molecule has 0 bridgehead atoms. The van der Waals surface area contributed by atoms with Crippen molar-refractivity contribution in [1.29, 1.82) is 0 Å². The van der Waals surface area contributed by atoms with Gasteiger partial charge in [0.05, 0.1) is 17.8 Å². The minimum atomic E-state index is -0.286. The van der Waals surface area contributed by atoms with Gasteiger partial charge in [-0.05, 0) is 44.5 Å². The van der Waals surface area contributed by atoms with Crippen molar-refractivity contribution < 1.29 is 9.18 Å². The molecule has 0 aliphatic carbocycles. The van der Waals surface area contributed by atoms with Crippen LogP contribution in [0.25, 0.3) is 0 Å². The lowest BCUT2D eigenvalue weighted by molar-refractivity contribution is 0.101. The van der Waals surface area contributed by atoms with Crippen molar-refractivity contribution in [2.24, 2.45) is 0 Å². The van der Waals surface area contributed by atoms with Crippen molar-refractivity contribution in [3.05, 3.63) is 51.0 Å². The van der Waals surface area contributed by atoms with Crippen LogP contribution in [0.4, 0.5) is 4.39 Å². The molecule has 2 aromatic rings. The predicted molar refractivity (Wildman–Crippen MR) is 74.9 cm³/mol. The second-order valence-corrected chi connectivity index (χ2v) is 5.35. The molecule has 0 saturated heterocycles. The summed E-state index contributed by atoms with van der Waals surface area (Å²) in [6, 6.07) is 4.53. The maximum atomic E-state index is 13.3. The fourth-order valence-electron chi connectivity index (χ4n) is 2.19. The van der Waals surface area contributed by atoms with Gasteiger partial charge in [0.2, 0.25) is 0 Å². The molecule has 0 radical (unpaired) electrons. The highest BCUT2D eigenvalue weighted by molar-refractivity contribution is 9.10. The Labute approximate surface area is 119 Å². The zero-order valence-electron chi connectivity index (χ0n) is 11.0. The maximum absolute atomic E-state index is 13.3. The van der Waals surface area contributed by atoms with Crippen LogP contribution in [0, 0.1) is 19.7 Å². The lowest BCUT2D eigenvalue weighted by Gasteiger charge is -2.07. The lowest BCUT2D eigenvalue weighted by atomic mass is 10.1. The number of hydrogen-bond donors (Lipinski definition) is 0. The van der Waals surface area contributed by atoms with E-state index in [2.05, 4.69) is 21.0 Å². The molecule has 0 aliphatic rings. The first kappa shape index (κ1) is 13.9. The Hall–Kier alpha value is -1.49. The van der Waals surface area contributed by atoms with Gasteiger partial charge in [0.15, 0.2) is 5.78 Å². The topological polar surface area (TPSA) is 34.9 Å². The van der Waals surface area contributed by atoms with Gasteiger partial charge in [-0.1, -0.05) is 15.9 Å². The van der Waals surface area contributed by atoms with Gasteiger partial charge >= 0.3 is 0 Å². The number of carbonyl (C=O) groups is 1. The summed E-state index contributed by atoms with van der Waals surface area (Å²) in [5, 5.41) is 4.35. The van der Waals surface area contributed by atoms with E-state index in [4.69, 9.17) is 0 Å². The van der Waals surface area contributed by atoms with Gasteiger partial charge in [-0.2, -0.15) is 5.10 Å². The number of aromatic nitrogens is 2. The third-order valence-corrected chi connectivity index (χ3v) is 3.84. The van der Waals surface area contributed by atoms with Crippen LogP contribution < -0.4 is 0 Å². The Morgan fingerprint density at radius 1 is 1.42 bits per heavy atom. The van der Waals surface area contributed by atoms with Crippen molar-refractivity contribution >= 4 is 21.7 Å². The molecule has 2 rings (SSSR count). The summed E-state index contributed by atoms with van der Waals surface area (Å²) in [7, 11) is 0. The van der Waals surface area contributed by atoms with Gasteiger partial charge in [0.1, 0.15) is 5.82 Å². The van der Waals surface area contributed by atoms with Crippen LogP contribution in [-0.4, -0.2) is 15.6 Å². The van der Waals surface area contributed by atoms with Gasteiger partial charge in [0.25, 0.3) is 0 Å². The smallest absolute Gasteiger partial charge is 0.163 e. The monoisotopic (exact) mass is 324 g/mol. The van der Waals surface area contributed by atoms with Gasteiger partial charge in [-0.25, -0.2) is 4.39 Å². The summed E-state index contributed by atoms with van der Waals surface area (Å²) < 4.78 is 15.8. The molecular formula is C14H14BrFN2O. The first-order valence-corrected chi connectivity index (χ1v) is 6.68. The quantitative estimate of drug-likeness (QED) is 0.808. The average molecular weight is 325 g/mol. The largest absolute Gasteiger partial charge is 0.294 e. The van der Waals surface area contributed by atoms with E-state index in [0.29, 0.717) is 17.8 Å². The SMILES string of the molecule is CC(=O)c1c(C)nn(Cc2cc(F)ccc2Br)c1C. The zero-order valence-corrected chi connectivity index (χ0v) is 12.6. The van der Waals surface area contributed by atoms with E-state index in [9.17, 15) is 9.18 Å². The van der Waals surface area contributed by atoms with Crippen LogP contribution in [-0.2, 0) is 6.54 Å². The lowest BCUT2D eigenvalue weighted by Crippen LogP contribution is -2.06. The van der Waals surface area contributed by atoms with Crippen LogP contribution in [0.1, 0.15) is 34.2 Å². The van der Waals surface area contributed by atoms with Crippen molar-refractivity contribution in [2.75, 3.05) is 0 Å². The van der Waals surface area contributed by atoms with E-state index in [0.717, 1.165) is 15.7 Å². The van der Waals surface area contributed by atoms with E-state index in [1.807, 2.05) is 6.92 Å². The highest BCUT2D eigenvalue weighted by atomic mass is 79.9. The first-order chi connectivity index (χ1) is 8.90. The molecule has 0 spiro atoms. The van der Waals surface area contributed by atoms with Gasteiger partial charge in [-0.15, -0.1) is 0 Å². The molecule has 1 aromatic heterocycles. The standard InChI is InChI=1S/C14H14BrFN2O/c1-8-14(10(3)19)9(2)18(17-8)7-11-6-12(16)4-5-13(11)15/h4-6H,7H2,1-3H3. The van der Waals surface area contributed by atoms with Crippen molar-refractivity contribution in [2.45, 2.75) is 27.3 Å². The summed E-state index contributed by atoms with van der Waals surface area (Å²) >= 11 is 3.39. The van der Waals surface area contributed by atoms with Crippen LogP contribution in [0.5, 0.6) is 0 Å². The molecule has 5 heteroatoms. The molecule has 100 valence electrons. The molecule has 0 amide bonds. The predicted octanol–water partition coefficient (Wildman–Crippen LogP) is 3.65. The molecule has 1 heterocycles. The molecule has 0 N–H and O–H groups in total. The Balaban J connectivity index is 2.42. The number of carbonyl (C=O) groups excluding carboxylic acids is 1. The number of rotatable bonds is 3. The molecule has 1 aromatic carbocycles. The molecule has 0 saturated carbocycles. The third-order valence-electron chi connectivity index (χ3n) is 3.06. The molecular weight excluding hydrogens is 311 g/mol. The Morgan fingerprint density at radius 3 is 2.68 bits per heavy atom. The fourth-order valence-corrected chi connectivity index (χ4v) is 2.56. The number of nitrogens with zero attached hydrogens (tertiary/aromatic N) is 2. The van der Waals surface area contributed by atoms with Crippen molar-refractivity contribution in [1.82, 2.24) is 9.78 Å². The maximum Gasteiger partial charge on any atom is 0.163 e. The minimum Gasteiger partial charge on any atom is -0.294 e. The Morgan fingerprint density at radius 2 is 2.11 bits per heavy atom. The van der Waals surface area contributed by atoms with E-state index in [1.165, 1.54) is 19.1 Å². The number of Topliss-reactive ketones (excluding diaryl/α,β-unsaturated/α-hetero) is 1. The van der Waals surface area contributed by atoms with Crippen LogP contribution in [0.15, 0.2) is 22.7 Å². The molecule has 0 unspecified atom stereocenters. The van der Waals surface area contributed by atoms with E-state index in [1.54, 1.807) is 17.7 Å². The summed E-state index contributed by atoms with van der Waals surface area (Å²) in [5.41, 5.74) is 2.95. The summed E-state index contributed by atoms with van der Waals surface area (Å²) in [5.74, 6) is -0.286. The zero-order chi connectivity index (χ0) is 14.2. The van der Waals surface area contributed by atoms with Gasteiger partial charge in [0, 0.05) is 10.2 Å². The molecule has 0 fully saturated rings. The number of ketones is 1. The molecule has 0 atom stereocenters. The van der Waals surface area contributed by atoms with E-state index >= 15 is 0 Å². The number of benzene rings is 1. The minimum absolute atomic E-state index is 0.000409. The molecule has 19 heavy (non-hydrogen) atoms. The highest BCUT2D eigenvalue weighted by Crippen LogP contribution is 2.21. The summed E-state index contributed by atoms with van der Waals surface area (Å²) in [6.45, 7) is 5.61. The highest BCUT2D eigenvalue weighted by Gasteiger charge is 2.16. The normalized spacial score (nSPS) is 10.8. The second kappa shape index (κ2) is 5.25. The third kappa shape index (κ3) is 2.76. The Bertz CT molecular complexity index is 649. The average Bonchev–Trinajstić information content (AvgIpc) is 2.59. The number of hydrogen-bond acceptors (Lipinski definition) is 2. The van der Waals surface area contributed by atoms with Crippen LogP contribution in [0.3, 0.4) is 0 Å². The van der Waals surface area contributed by atoms with E-state index in [-0.39, 0.29) is 11.6 Å². The summed E-state index contributed by atoms with van der Waals surface area (Å²) in [4.78, 5) is 11.6. The van der Waals surface area contributed by atoms with Gasteiger partial charge < -0.3 is 0 Å². The fraction of sp³-hybridized carbons (Fsp3) is 0.286. The molecule has 3 nitrogen and oxygen atoms in total. The first-order valence-electron chi connectivity index (χ1n) is 5.89. The van der Waals surface area contributed by atoms with Crippen LogP contribution in [0.2, 0.25) is 0 Å². The Kier molecular flexibility index (Phi) is 3.85. The number of halogens is 2. The summed E-state index contributed by atoms with van der Waals surface area (Å²) in [6.07, 6.45) is 0. The van der Waals surface area contributed by atoms with E-state index < -0.39 is 0 Å². The van der Waals surface area contributed by atoms with Crippen molar-refractivity contribution in [3.63, 3.8) is 0 Å². The van der Waals surface area contributed by atoms with Crippen LogP contribution >= 0.6 is 15.9 Å². The second-order valence-electron chi connectivity index (χ2n) is 4.50. The number of aryl methyl sites for hydroxylation is 1. The molecule has 0 aliphatic heterocycles.